The van der Waals surface area contributed by atoms with Crippen LogP contribution in [0.4, 0.5) is 0 Å². The molecular weight excluding hydrogens is 258 g/mol. The SMILES string of the molecule is CC(CO)(CO)NC(=O)c1ccc2ccccc2c1O. The fourth-order valence-corrected chi connectivity index (χ4v) is 1.91. The second-order valence-electron chi connectivity index (χ2n) is 5.01. The highest BCUT2D eigenvalue weighted by Crippen LogP contribution is 2.28. The first-order valence-corrected chi connectivity index (χ1v) is 6.26. The molecule has 0 aliphatic rings. The number of aromatic hydroxyl groups is 1. The standard InChI is InChI=1S/C15H17NO4/c1-15(8-17,9-18)16-14(20)12-7-6-10-4-2-3-5-11(10)13(12)19/h2-7,17-19H,8-9H2,1H3,(H,16,20). The average Bonchev–Trinajstić information content (AvgIpc) is 2.47. The second kappa shape index (κ2) is 5.48. The zero-order valence-electron chi connectivity index (χ0n) is 11.1. The molecule has 0 spiro atoms. The number of phenolic OH excluding ortho intramolecular Hbond substituents is 1. The number of phenols is 1. The minimum absolute atomic E-state index is 0.108. The van der Waals surface area contributed by atoms with Gasteiger partial charge in [-0.1, -0.05) is 30.3 Å². The van der Waals surface area contributed by atoms with E-state index >= 15 is 0 Å². The van der Waals surface area contributed by atoms with Crippen LogP contribution in [-0.2, 0) is 0 Å². The minimum atomic E-state index is -1.13. The molecule has 0 unspecified atom stereocenters. The van der Waals surface area contributed by atoms with Crippen LogP contribution in [0.3, 0.4) is 0 Å². The van der Waals surface area contributed by atoms with E-state index < -0.39 is 24.7 Å². The number of carbonyl (C=O) groups is 1. The van der Waals surface area contributed by atoms with Crippen molar-refractivity contribution in [3.05, 3.63) is 42.0 Å². The number of benzene rings is 2. The fourth-order valence-electron chi connectivity index (χ4n) is 1.91. The predicted molar refractivity (Wildman–Crippen MR) is 75.7 cm³/mol. The summed E-state index contributed by atoms with van der Waals surface area (Å²) >= 11 is 0. The normalized spacial score (nSPS) is 11.6. The largest absolute Gasteiger partial charge is 0.506 e. The van der Waals surface area contributed by atoms with E-state index in [-0.39, 0.29) is 11.3 Å². The lowest BCUT2D eigenvalue weighted by atomic mass is 10.0. The summed E-state index contributed by atoms with van der Waals surface area (Å²) in [4.78, 5) is 12.1. The molecule has 1 amide bonds. The molecule has 0 radical (unpaired) electrons. The van der Waals surface area contributed by atoms with Crippen molar-refractivity contribution in [3.8, 4) is 5.75 Å². The van der Waals surface area contributed by atoms with E-state index in [9.17, 15) is 20.1 Å². The summed E-state index contributed by atoms with van der Waals surface area (Å²) in [6, 6.07) is 10.4. The highest BCUT2D eigenvalue weighted by atomic mass is 16.3. The number of carbonyl (C=O) groups excluding carboxylic acids is 1. The Balaban J connectivity index is 2.38. The first-order chi connectivity index (χ1) is 9.50. The summed E-state index contributed by atoms with van der Waals surface area (Å²) < 4.78 is 0. The van der Waals surface area contributed by atoms with Crippen molar-refractivity contribution in [1.82, 2.24) is 5.32 Å². The van der Waals surface area contributed by atoms with Crippen molar-refractivity contribution in [2.24, 2.45) is 0 Å². The van der Waals surface area contributed by atoms with Crippen LogP contribution in [0.2, 0.25) is 0 Å². The van der Waals surface area contributed by atoms with Crippen molar-refractivity contribution in [2.45, 2.75) is 12.5 Å². The third-order valence-corrected chi connectivity index (χ3v) is 3.26. The van der Waals surface area contributed by atoms with Crippen LogP contribution in [-0.4, -0.2) is 40.0 Å². The van der Waals surface area contributed by atoms with Gasteiger partial charge in [0.25, 0.3) is 5.91 Å². The number of nitrogens with one attached hydrogen (secondary N) is 1. The van der Waals surface area contributed by atoms with Crippen LogP contribution >= 0.6 is 0 Å². The first-order valence-electron chi connectivity index (χ1n) is 6.26. The molecule has 5 nitrogen and oxygen atoms in total. The summed E-state index contributed by atoms with van der Waals surface area (Å²) in [5.41, 5.74) is -1.02. The molecule has 0 aliphatic carbocycles. The van der Waals surface area contributed by atoms with Crippen LogP contribution in [0.15, 0.2) is 36.4 Å². The topological polar surface area (TPSA) is 89.8 Å². The quantitative estimate of drug-likeness (QED) is 0.670. The van der Waals surface area contributed by atoms with Crippen molar-refractivity contribution >= 4 is 16.7 Å². The van der Waals surface area contributed by atoms with Gasteiger partial charge in [-0.2, -0.15) is 0 Å². The van der Waals surface area contributed by atoms with E-state index in [0.717, 1.165) is 5.39 Å². The number of fused-ring (bicyclic) bond motifs is 1. The smallest absolute Gasteiger partial charge is 0.255 e. The summed E-state index contributed by atoms with van der Waals surface area (Å²) in [5.74, 6) is -0.655. The molecule has 0 saturated carbocycles. The van der Waals surface area contributed by atoms with E-state index in [1.807, 2.05) is 12.1 Å². The Hall–Kier alpha value is -2.11. The summed E-state index contributed by atoms with van der Waals surface area (Å²) in [6.45, 7) is 0.718. The van der Waals surface area contributed by atoms with Crippen LogP contribution in [0.25, 0.3) is 10.8 Å². The van der Waals surface area contributed by atoms with Crippen LogP contribution in [0, 0.1) is 0 Å². The van der Waals surface area contributed by atoms with Gasteiger partial charge in [0, 0.05) is 5.39 Å². The van der Waals surface area contributed by atoms with Gasteiger partial charge in [-0.15, -0.1) is 0 Å². The third kappa shape index (κ3) is 2.59. The van der Waals surface area contributed by atoms with E-state index in [1.54, 1.807) is 18.2 Å². The molecule has 0 saturated heterocycles. The molecule has 0 aliphatic heterocycles. The van der Waals surface area contributed by atoms with Gasteiger partial charge in [-0.05, 0) is 18.4 Å². The molecule has 106 valence electrons. The van der Waals surface area contributed by atoms with Gasteiger partial charge in [0.15, 0.2) is 0 Å². The van der Waals surface area contributed by atoms with Crippen molar-refractivity contribution in [2.75, 3.05) is 13.2 Å². The Kier molecular flexibility index (Phi) is 3.92. The molecule has 0 fully saturated rings. The first kappa shape index (κ1) is 14.3. The van der Waals surface area contributed by atoms with E-state index in [2.05, 4.69) is 5.32 Å². The highest BCUT2D eigenvalue weighted by molar-refractivity contribution is 6.03. The molecule has 0 aromatic heterocycles. The number of hydrogen-bond acceptors (Lipinski definition) is 4. The monoisotopic (exact) mass is 275 g/mol. The fraction of sp³-hybridized carbons (Fsp3) is 0.267. The number of aliphatic hydroxyl groups is 2. The van der Waals surface area contributed by atoms with E-state index in [4.69, 9.17) is 0 Å². The Morgan fingerprint density at radius 1 is 1.15 bits per heavy atom. The van der Waals surface area contributed by atoms with Gasteiger partial charge in [-0.25, -0.2) is 0 Å². The zero-order chi connectivity index (χ0) is 14.8. The van der Waals surface area contributed by atoms with Gasteiger partial charge in [-0.3, -0.25) is 4.79 Å². The number of amides is 1. The Labute approximate surface area is 116 Å². The number of hydrogen-bond donors (Lipinski definition) is 4. The Bertz CT molecular complexity index is 635. The van der Waals surface area contributed by atoms with Gasteiger partial charge < -0.3 is 20.6 Å². The number of aliphatic hydroxyl groups excluding tert-OH is 2. The zero-order valence-corrected chi connectivity index (χ0v) is 11.1. The lowest BCUT2D eigenvalue weighted by Gasteiger charge is -2.26. The van der Waals surface area contributed by atoms with Crippen LogP contribution < -0.4 is 5.32 Å². The molecule has 2 aromatic rings. The molecule has 0 atom stereocenters. The third-order valence-electron chi connectivity index (χ3n) is 3.26. The minimum Gasteiger partial charge on any atom is -0.506 e. The molecule has 5 heteroatoms. The Morgan fingerprint density at radius 3 is 2.45 bits per heavy atom. The maximum atomic E-state index is 12.1. The van der Waals surface area contributed by atoms with Gasteiger partial charge in [0.2, 0.25) is 0 Å². The molecular formula is C15H17NO4. The van der Waals surface area contributed by atoms with Gasteiger partial charge >= 0.3 is 0 Å². The molecule has 0 heterocycles. The lowest BCUT2D eigenvalue weighted by Crippen LogP contribution is -2.51. The van der Waals surface area contributed by atoms with Gasteiger partial charge in [0.05, 0.1) is 24.3 Å². The maximum Gasteiger partial charge on any atom is 0.255 e. The van der Waals surface area contributed by atoms with Gasteiger partial charge in [0.1, 0.15) is 5.75 Å². The van der Waals surface area contributed by atoms with Crippen LogP contribution in [0.5, 0.6) is 5.75 Å². The second-order valence-corrected chi connectivity index (χ2v) is 5.01. The molecule has 4 N–H and O–H groups in total. The predicted octanol–water partition coefficient (Wildman–Crippen LogP) is 1.02. The summed E-state index contributed by atoms with van der Waals surface area (Å²) in [7, 11) is 0. The highest BCUT2D eigenvalue weighted by Gasteiger charge is 2.26. The lowest BCUT2D eigenvalue weighted by molar-refractivity contribution is 0.0722. The number of rotatable bonds is 4. The summed E-state index contributed by atoms with van der Waals surface area (Å²) in [6.07, 6.45) is 0. The Morgan fingerprint density at radius 2 is 1.80 bits per heavy atom. The molecule has 0 bridgehead atoms. The average molecular weight is 275 g/mol. The van der Waals surface area contributed by atoms with Crippen molar-refractivity contribution in [1.29, 1.82) is 0 Å². The van der Waals surface area contributed by atoms with Crippen molar-refractivity contribution in [3.63, 3.8) is 0 Å². The van der Waals surface area contributed by atoms with Crippen LogP contribution in [0.1, 0.15) is 17.3 Å². The molecule has 2 aromatic carbocycles. The molecule has 2 rings (SSSR count). The van der Waals surface area contributed by atoms with Crippen molar-refractivity contribution < 1.29 is 20.1 Å². The molecule has 20 heavy (non-hydrogen) atoms. The maximum absolute atomic E-state index is 12.1. The van der Waals surface area contributed by atoms with E-state index in [0.29, 0.717) is 5.39 Å². The summed E-state index contributed by atoms with van der Waals surface area (Å²) in [5, 5.41) is 32.5. The van der Waals surface area contributed by atoms with E-state index in [1.165, 1.54) is 13.0 Å².